The predicted molar refractivity (Wildman–Crippen MR) is 78.0 cm³/mol. The Labute approximate surface area is 130 Å². The highest BCUT2D eigenvalue weighted by Gasteiger charge is 2.30. The topological polar surface area (TPSA) is 82.1 Å². The maximum atomic E-state index is 12.2. The molecule has 1 aliphatic rings. The van der Waals surface area contributed by atoms with Crippen molar-refractivity contribution < 1.29 is 28.6 Å². The summed E-state index contributed by atoms with van der Waals surface area (Å²) < 4.78 is 15.0. The van der Waals surface area contributed by atoms with E-state index in [1.165, 1.54) is 18.1 Å². The first-order chi connectivity index (χ1) is 10.1. The highest BCUT2D eigenvalue weighted by Crippen LogP contribution is 2.18. The SMILES string of the molecule is COC(=O)CN(C[C@H]1C=CC(=O)O[C@@H]1C)C(=O)OC(C)(C)C. The smallest absolute Gasteiger partial charge is 0.410 e. The van der Waals surface area contributed by atoms with Gasteiger partial charge >= 0.3 is 18.0 Å². The third kappa shape index (κ3) is 5.75. The van der Waals surface area contributed by atoms with E-state index in [9.17, 15) is 14.4 Å². The molecule has 0 spiro atoms. The van der Waals surface area contributed by atoms with E-state index >= 15 is 0 Å². The van der Waals surface area contributed by atoms with Gasteiger partial charge < -0.3 is 14.2 Å². The molecule has 0 unspecified atom stereocenters. The van der Waals surface area contributed by atoms with E-state index in [-0.39, 0.29) is 25.1 Å². The van der Waals surface area contributed by atoms with Crippen molar-refractivity contribution in [3.05, 3.63) is 12.2 Å². The molecule has 0 saturated heterocycles. The molecule has 0 radical (unpaired) electrons. The van der Waals surface area contributed by atoms with Crippen molar-refractivity contribution in [3.8, 4) is 0 Å². The van der Waals surface area contributed by atoms with Crippen LogP contribution in [0.5, 0.6) is 0 Å². The van der Waals surface area contributed by atoms with Crippen LogP contribution in [0.1, 0.15) is 27.7 Å². The number of methoxy groups -OCH3 is 1. The van der Waals surface area contributed by atoms with Crippen LogP contribution in [0.2, 0.25) is 0 Å². The predicted octanol–water partition coefficient (Wildman–Crippen LogP) is 1.51. The molecular weight excluding hydrogens is 290 g/mol. The Morgan fingerprint density at radius 3 is 2.50 bits per heavy atom. The summed E-state index contributed by atoms with van der Waals surface area (Å²) in [6.45, 7) is 6.92. The summed E-state index contributed by atoms with van der Waals surface area (Å²) in [4.78, 5) is 36.1. The maximum absolute atomic E-state index is 12.2. The van der Waals surface area contributed by atoms with Crippen molar-refractivity contribution >= 4 is 18.0 Å². The zero-order valence-electron chi connectivity index (χ0n) is 13.6. The van der Waals surface area contributed by atoms with E-state index in [4.69, 9.17) is 9.47 Å². The standard InChI is InChI=1S/C15H23NO6/c1-10-11(6-7-12(17)21-10)8-16(9-13(18)20-5)14(19)22-15(2,3)4/h6-7,10-11H,8-9H2,1-5H3/t10-,11-/m1/s1. The Balaban J connectivity index is 2.81. The van der Waals surface area contributed by atoms with E-state index in [0.717, 1.165) is 0 Å². The van der Waals surface area contributed by atoms with Gasteiger partial charge in [-0.2, -0.15) is 0 Å². The molecule has 0 aromatic rings. The molecule has 1 rings (SSSR count). The first-order valence-corrected chi connectivity index (χ1v) is 7.06. The third-order valence-corrected chi connectivity index (χ3v) is 3.02. The van der Waals surface area contributed by atoms with Gasteiger partial charge in [-0.25, -0.2) is 9.59 Å². The van der Waals surface area contributed by atoms with Crippen LogP contribution < -0.4 is 0 Å². The molecule has 22 heavy (non-hydrogen) atoms. The second-order valence-corrected chi connectivity index (χ2v) is 6.10. The summed E-state index contributed by atoms with van der Waals surface area (Å²) in [5, 5.41) is 0. The molecule has 0 fully saturated rings. The number of carbonyl (C=O) groups excluding carboxylic acids is 3. The van der Waals surface area contributed by atoms with Crippen molar-refractivity contribution in [2.45, 2.75) is 39.4 Å². The van der Waals surface area contributed by atoms with Gasteiger partial charge in [0.1, 0.15) is 18.2 Å². The fraction of sp³-hybridized carbons (Fsp3) is 0.667. The normalized spacial score (nSPS) is 21.0. The van der Waals surface area contributed by atoms with Gasteiger partial charge in [-0.1, -0.05) is 6.08 Å². The van der Waals surface area contributed by atoms with E-state index in [1.54, 1.807) is 33.8 Å². The van der Waals surface area contributed by atoms with E-state index < -0.39 is 23.6 Å². The minimum absolute atomic E-state index is 0.189. The Bertz CT molecular complexity index is 465. The van der Waals surface area contributed by atoms with E-state index in [0.29, 0.717) is 0 Å². The zero-order chi connectivity index (χ0) is 16.9. The first-order valence-electron chi connectivity index (χ1n) is 7.06. The van der Waals surface area contributed by atoms with Crippen molar-refractivity contribution in [1.82, 2.24) is 4.90 Å². The van der Waals surface area contributed by atoms with Crippen LogP contribution in [0.3, 0.4) is 0 Å². The number of amides is 1. The third-order valence-electron chi connectivity index (χ3n) is 3.02. The van der Waals surface area contributed by atoms with Gasteiger partial charge in [0.2, 0.25) is 0 Å². The van der Waals surface area contributed by atoms with Crippen LogP contribution in [0.15, 0.2) is 12.2 Å². The highest BCUT2D eigenvalue weighted by molar-refractivity contribution is 5.83. The van der Waals surface area contributed by atoms with E-state index in [2.05, 4.69) is 4.74 Å². The lowest BCUT2D eigenvalue weighted by atomic mass is 10.0. The van der Waals surface area contributed by atoms with Crippen LogP contribution in [0, 0.1) is 5.92 Å². The molecule has 0 aliphatic carbocycles. The summed E-state index contributed by atoms with van der Waals surface area (Å²) in [6, 6.07) is 0. The number of hydrogen-bond acceptors (Lipinski definition) is 6. The molecule has 2 atom stereocenters. The molecule has 7 nitrogen and oxygen atoms in total. The summed E-state index contributed by atoms with van der Waals surface area (Å²) in [6.07, 6.45) is 1.98. The van der Waals surface area contributed by atoms with Crippen LogP contribution >= 0.6 is 0 Å². The lowest BCUT2D eigenvalue weighted by molar-refractivity contribution is -0.147. The van der Waals surface area contributed by atoms with Gasteiger partial charge in [-0.05, 0) is 27.7 Å². The lowest BCUT2D eigenvalue weighted by Gasteiger charge is -2.31. The molecule has 1 aliphatic heterocycles. The van der Waals surface area contributed by atoms with Gasteiger partial charge in [0.25, 0.3) is 0 Å². The maximum Gasteiger partial charge on any atom is 0.410 e. The Morgan fingerprint density at radius 1 is 1.36 bits per heavy atom. The minimum Gasteiger partial charge on any atom is -0.468 e. The number of ether oxygens (including phenoxy) is 3. The van der Waals surface area contributed by atoms with E-state index in [1.807, 2.05) is 0 Å². The summed E-state index contributed by atoms with van der Waals surface area (Å²) in [5.41, 5.74) is -0.675. The molecule has 0 N–H and O–H groups in total. The molecular formula is C15H23NO6. The Hall–Kier alpha value is -2.05. The van der Waals surface area contributed by atoms with Crippen molar-refractivity contribution in [1.29, 1.82) is 0 Å². The molecule has 7 heteroatoms. The Kier molecular flexibility index (Phi) is 5.96. The fourth-order valence-electron chi connectivity index (χ4n) is 1.88. The summed E-state index contributed by atoms with van der Waals surface area (Å²) in [5.74, 6) is -1.18. The lowest BCUT2D eigenvalue weighted by Crippen LogP contribution is -2.45. The second-order valence-electron chi connectivity index (χ2n) is 6.10. The molecule has 0 bridgehead atoms. The number of carbonyl (C=O) groups is 3. The quantitative estimate of drug-likeness (QED) is 0.578. The van der Waals surface area contributed by atoms with Crippen molar-refractivity contribution in [2.24, 2.45) is 5.92 Å². The van der Waals surface area contributed by atoms with Crippen LogP contribution in [0.25, 0.3) is 0 Å². The monoisotopic (exact) mass is 313 g/mol. The minimum atomic E-state index is -0.675. The van der Waals surface area contributed by atoms with Crippen LogP contribution in [0.4, 0.5) is 4.79 Å². The number of cyclic esters (lactones) is 1. The largest absolute Gasteiger partial charge is 0.468 e. The molecule has 124 valence electrons. The molecule has 0 aromatic carbocycles. The van der Waals surface area contributed by atoms with Crippen molar-refractivity contribution in [2.75, 3.05) is 20.2 Å². The number of esters is 2. The number of hydrogen-bond donors (Lipinski definition) is 0. The number of nitrogens with zero attached hydrogens (tertiary/aromatic N) is 1. The average Bonchev–Trinajstić information content (AvgIpc) is 2.38. The average molecular weight is 313 g/mol. The molecule has 1 heterocycles. The Morgan fingerprint density at radius 2 is 2.00 bits per heavy atom. The molecule has 1 amide bonds. The summed E-state index contributed by atoms with van der Waals surface area (Å²) >= 11 is 0. The summed E-state index contributed by atoms with van der Waals surface area (Å²) in [7, 11) is 1.25. The molecule has 0 aromatic heterocycles. The number of rotatable bonds is 4. The van der Waals surface area contributed by atoms with Gasteiger partial charge in [-0.15, -0.1) is 0 Å². The van der Waals surface area contributed by atoms with Gasteiger partial charge in [0, 0.05) is 18.5 Å². The molecule has 0 saturated carbocycles. The fourth-order valence-corrected chi connectivity index (χ4v) is 1.88. The van der Waals surface area contributed by atoms with Crippen LogP contribution in [-0.2, 0) is 23.8 Å². The second kappa shape index (κ2) is 7.29. The zero-order valence-corrected chi connectivity index (χ0v) is 13.6. The van der Waals surface area contributed by atoms with Crippen molar-refractivity contribution in [3.63, 3.8) is 0 Å². The van der Waals surface area contributed by atoms with Gasteiger partial charge in [-0.3, -0.25) is 9.69 Å². The first kappa shape index (κ1) is 18.0. The van der Waals surface area contributed by atoms with Gasteiger partial charge in [0.05, 0.1) is 7.11 Å². The van der Waals surface area contributed by atoms with Crippen LogP contribution in [-0.4, -0.2) is 54.8 Å². The highest BCUT2D eigenvalue weighted by atomic mass is 16.6. The van der Waals surface area contributed by atoms with Gasteiger partial charge in [0.15, 0.2) is 0 Å².